The molecule has 256 valence electrons. The SMILES string of the molecule is CC[C@@H](CC[C@H]1[C@H](CC(=O)OCc2ccccc2)C[C@@H]2Cc3c(cccc3OCC(=O)OCc3ccccc3)C[C@@H]21)OC1CCCCO1. The lowest BCUT2D eigenvalue weighted by Crippen LogP contribution is -2.30. The van der Waals surface area contributed by atoms with E-state index in [9.17, 15) is 9.59 Å². The molecule has 3 aliphatic rings. The second-order valence-electron chi connectivity index (χ2n) is 13.7. The Morgan fingerprint density at radius 1 is 0.854 bits per heavy atom. The van der Waals surface area contributed by atoms with Gasteiger partial charge in [-0.15, -0.1) is 0 Å². The summed E-state index contributed by atoms with van der Waals surface area (Å²) in [4.78, 5) is 25.8. The van der Waals surface area contributed by atoms with Gasteiger partial charge in [0.05, 0.1) is 6.10 Å². The van der Waals surface area contributed by atoms with Gasteiger partial charge in [0.2, 0.25) is 0 Å². The van der Waals surface area contributed by atoms with Gasteiger partial charge in [-0.25, -0.2) is 4.79 Å². The highest BCUT2D eigenvalue weighted by Crippen LogP contribution is 2.52. The van der Waals surface area contributed by atoms with E-state index in [1.54, 1.807) is 0 Å². The highest BCUT2D eigenvalue weighted by Gasteiger charge is 2.46. The van der Waals surface area contributed by atoms with Crippen molar-refractivity contribution < 1.29 is 33.3 Å². The summed E-state index contributed by atoms with van der Waals surface area (Å²) in [5.74, 6) is 1.81. The van der Waals surface area contributed by atoms with Crippen molar-refractivity contribution in [3.63, 3.8) is 0 Å². The summed E-state index contributed by atoms with van der Waals surface area (Å²) in [5.41, 5.74) is 4.41. The Hall–Kier alpha value is -3.68. The lowest BCUT2D eigenvalue weighted by Gasteiger charge is -2.34. The van der Waals surface area contributed by atoms with Crippen LogP contribution < -0.4 is 4.74 Å². The van der Waals surface area contributed by atoms with Gasteiger partial charge in [0, 0.05) is 13.0 Å². The minimum absolute atomic E-state index is 0.0978. The van der Waals surface area contributed by atoms with Crippen molar-refractivity contribution in [3.05, 3.63) is 101 Å². The fourth-order valence-corrected chi connectivity index (χ4v) is 8.07. The normalized spacial score (nSPS) is 23.8. The fourth-order valence-electron chi connectivity index (χ4n) is 8.07. The first-order valence-electron chi connectivity index (χ1n) is 18.0. The number of fused-ring (bicyclic) bond motifs is 2. The van der Waals surface area contributed by atoms with Gasteiger partial charge in [-0.05, 0) is 110 Å². The first kappa shape index (κ1) is 34.2. The predicted molar refractivity (Wildman–Crippen MR) is 183 cm³/mol. The number of hydrogen-bond acceptors (Lipinski definition) is 7. The largest absolute Gasteiger partial charge is 0.482 e. The summed E-state index contributed by atoms with van der Waals surface area (Å²) in [6.45, 7) is 3.38. The fraction of sp³-hybridized carbons (Fsp3) is 0.512. The quantitative estimate of drug-likeness (QED) is 0.154. The lowest BCUT2D eigenvalue weighted by molar-refractivity contribution is -0.190. The van der Waals surface area contributed by atoms with Gasteiger partial charge in [0.25, 0.3) is 0 Å². The zero-order valence-corrected chi connectivity index (χ0v) is 28.2. The molecular weight excluding hydrogens is 604 g/mol. The molecule has 1 saturated heterocycles. The van der Waals surface area contributed by atoms with Gasteiger partial charge in [0.15, 0.2) is 12.9 Å². The van der Waals surface area contributed by atoms with Crippen LogP contribution in [0.25, 0.3) is 0 Å². The molecule has 0 amide bonds. The van der Waals surface area contributed by atoms with Gasteiger partial charge < -0.3 is 23.7 Å². The number of carbonyl (C=O) groups is 2. The average Bonchev–Trinajstić information content (AvgIpc) is 3.46. The standard InChI is InChI=1S/C41H50O7/c1-2-34(48-41-18-9-10-21-44-41)19-20-35-33(25-39(42)46-26-29-12-5-3-6-13-29)22-32-24-37-31(23-36(32)35)16-11-17-38(37)45-28-40(43)47-27-30-14-7-4-8-15-30/h3-8,11-17,32-36,41H,2,9-10,18-28H2,1H3/t32-,33+,34+,35+,36+,41?/m1/s1. The van der Waals surface area contributed by atoms with Crippen molar-refractivity contribution >= 4 is 11.9 Å². The van der Waals surface area contributed by atoms with E-state index in [1.807, 2.05) is 72.8 Å². The van der Waals surface area contributed by atoms with Gasteiger partial charge in [-0.1, -0.05) is 79.7 Å². The average molecular weight is 655 g/mol. The van der Waals surface area contributed by atoms with Crippen LogP contribution in [-0.4, -0.2) is 37.5 Å². The highest BCUT2D eigenvalue weighted by molar-refractivity contribution is 5.71. The Kier molecular flexibility index (Phi) is 12.2. The molecule has 0 radical (unpaired) electrons. The Bertz CT molecular complexity index is 1450. The summed E-state index contributed by atoms with van der Waals surface area (Å²) in [6, 6.07) is 25.7. The van der Waals surface area contributed by atoms with E-state index in [4.69, 9.17) is 23.7 Å². The van der Waals surface area contributed by atoms with Gasteiger partial charge in [-0.2, -0.15) is 0 Å². The molecule has 6 atom stereocenters. The van der Waals surface area contributed by atoms with Crippen molar-refractivity contribution in [1.29, 1.82) is 0 Å². The van der Waals surface area contributed by atoms with Crippen LogP contribution in [0.3, 0.4) is 0 Å². The smallest absolute Gasteiger partial charge is 0.344 e. The molecule has 1 heterocycles. The Morgan fingerprint density at radius 2 is 1.58 bits per heavy atom. The molecule has 0 N–H and O–H groups in total. The molecule has 3 aromatic carbocycles. The number of esters is 2. The van der Waals surface area contributed by atoms with Crippen molar-refractivity contribution in [2.75, 3.05) is 13.2 Å². The summed E-state index contributed by atoms with van der Waals surface area (Å²) in [6.07, 6.45) is 9.43. The number of carbonyl (C=O) groups excluding carboxylic acids is 2. The molecule has 0 spiro atoms. The van der Waals surface area contributed by atoms with Crippen LogP contribution >= 0.6 is 0 Å². The van der Waals surface area contributed by atoms with Gasteiger partial charge in [0.1, 0.15) is 19.0 Å². The lowest BCUT2D eigenvalue weighted by atomic mass is 9.73. The maximum absolute atomic E-state index is 13.2. The molecule has 2 aliphatic carbocycles. The maximum Gasteiger partial charge on any atom is 0.344 e. The van der Waals surface area contributed by atoms with Gasteiger partial charge >= 0.3 is 11.9 Å². The van der Waals surface area contributed by atoms with Crippen LogP contribution in [0.5, 0.6) is 5.75 Å². The summed E-state index contributed by atoms with van der Waals surface area (Å²) in [7, 11) is 0. The predicted octanol–water partition coefficient (Wildman–Crippen LogP) is 8.01. The van der Waals surface area contributed by atoms with E-state index < -0.39 is 0 Å². The molecule has 7 nitrogen and oxygen atoms in total. The van der Waals surface area contributed by atoms with Crippen molar-refractivity contribution in [2.24, 2.45) is 23.7 Å². The van der Waals surface area contributed by atoms with Crippen LogP contribution in [0, 0.1) is 23.7 Å². The van der Waals surface area contributed by atoms with E-state index in [0.29, 0.717) is 30.8 Å². The topological polar surface area (TPSA) is 80.3 Å². The monoisotopic (exact) mass is 654 g/mol. The van der Waals surface area contributed by atoms with Crippen LogP contribution in [0.1, 0.15) is 80.5 Å². The van der Waals surface area contributed by atoms with Crippen molar-refractivity contribution in [1.82, 2.24) is 0 Å². The molecule has 48 heavy (non-hydrogen) atoms. The molecule has 7 heteroatoms. The third-order valence-electron chi connectivity index (χ3n) is 10.5. The number of ether oxygens (including phenoxy) is 5. The number of rotatable bonds is 15. The summed E-state index contributed by atoms with van der Waals surface area (Å²) >= 11 is 0. The van der Waals surface area contributed by atoms with E-state index in [2.05, 4.69) is 13.0 Å². The van der Waals surface area contributed by atoms with E-state index in [1.165, 1.54) is 11.1 Å². The highest BCUT2D eigenvalue weighted by atomic mass is 16.7. The van der Waals surface area contributed by atoms with Crippen LogP contribution in [0.4, 0.5) is 0 Å². The molecule has 3 aromatic rings. The number of benzene rings is 3. The third-order valence-corrected chi connectivity index (χ3v) is 10.5. The Balaban J connectivity index is 1.10. The van der Waals surface area contributed by atoms with E-state index >= 15 is 0 Å². The summed E-state index contributed by atoms with van der Waals surface area (Å²) in [5, 5.41) is 0. The molecule has 0 bridgehead atoms. The second-order valence-corrected chi connectivity index (χ2v) is 13.7. The minimum atomic E-state index is -0.383. The molecule has 0 aromatic heterocycles. The molecule has 6 rings (SSSR count). The first-order chi connectivity index (χ1) is 23.6. The molecular formula is C41H50O7. The Labute approximate surface area is 285 Å². The zero-order chi connectivity index (χ0) is 33.1. The Morgan fingerprint density at radius 3 is 2.27 bits per heavy atom. The third kappa shape index (κ3) is 9.26. The van der Waals surface area contributed by atoms with Crippen LogP contribution in [0.2, 0.25) is 0 Å². The first-order valence-corrected chi connectivity index (χ1v) is 18.0. The molecule has 1 aliphatic heterocycles. The molecule has 1 unspecified atom stereocenters. The van der Waals surface area contributed by atoms with E-state index in [0.717, 1.165) is 81.3 Å². The number of hydrogen-bond donors (Lipinski definition) is 0. The second kappa shape index (κ2) is 17.1. The van der Waals surface area contributed by atoms with Crippen molar-refractivity contribution in [2.45, 2.75) is 96.7 Å². The molecule has 2 fully saturated rings. The molecule has 1 saturated carbocycles. The zero-order valence-electron chi connectivity index (χ0n) is 28.2. The minimum Gasteiger partial charge on any atom is -0.482 e. The van der Waals surface area contributed by atoms with Crippen molar-refractivity contribution in [3.8, 4) is 5.75 Å². The maximum atomic E-state index is 13.2. The van der Waals surface area contributed by atoms with Crippen LogP contribution in [0.15, 0.2) is 78.9 Å². The van der Waals surface area contributed by atoms with Crippen LogP contribution in [-0.2, 0) is 54.6 Å². The van der Waals surface area contributed by atoms with E-state index in [-0.39, 0.29) is 43.5 Å². The summed E-state index contributed by atoms with van der Waals surface area (Å²) < 4.78 is 29.6. The van der Waals surface area contributed by atoms with Gasteiger partial charge in [-0.3, -0.25) is 4.79 Å².